The predicted octanol–water partition coefficient (Wildman–Crippen LogP) is 4.49. The number of amides is 1. The zero-order valence-electron chi connectivity index (χ0n) is 18.0. The highest BCUT2D eigenvalue weighted by molar-refractivity contribution is 7.08. The molecule has 0 bridgehead atoms. The SMILES string of the molecule is CC(C)(C)c1cc(N2CCCN(C(=O)c3ccsc3)CC2)nc(C(C)(C)C)n1. The highest BCUT2D eigenvalue weighted by Gasteiger charge is 2.26. The first-order valence-electron chi connectivity index (χ1n) is 10.0. The van der Waals surface area contributed by atoms with Crippen LogP contribution in [0.25, 0.3) is 0 Å². The van der Waals surface area contributed by atoms with E-state index in [0.717, 1.165) is 49.0 Å². The van der Waals surface area contributed by atoms with Gasteiger partial charge in [-0.15, -0.1) is 0 Å². The Morgan fingerprint density at radius 3 is 2.36 bits per heavy atom. The molecule has 28 heavy (non-hydrogen) atoms. The zero-order valence-corrected chi connectivity index (χ0v) is 18.8. The van der Waals surface area contributed by atoms with E-state index in [0.29, 0.717) is 6.54 Å². The van der Waals surface area contributed by atoms with Gasteiger partial charge in [-0.1, -0.05) is 41.5 Å². The van der Waals surface area contributed by atoms with Crippen molar-refractivity contribution < 1.29 is 4.79 Å². The van der Waals surface area contributed by atoms with Crippen molar-refractivity contribution in [3.63, 3.8) is 0 Å². The highest BCUT2D eigenvalue weighted by atomic mass is 32.1. The van der Waals surface area contributed by atoms with E-state index in [4.69, 9.17) is 9.97 Å². The summed E-state index contributed by atoms with van der Waals surface area (Å²) in [5.41, 5.74) is 1.72. The first-order chi connectivity index (χ1) is 13.1. The third-order valence-corrected chi connectivity index (χ3v) is 5.71. The Morgan fingerprint density at radius 2 is 1.75 bits per heavy atom. The van der Waals surface area contributed by atoms with Crippen LogP contribution in [0.4, 0.5) is 5.82 Å². The molecular weight excluding hydrogens is 368 g/mol. The second-order valence-corrected chi connectivity index (χ2v) is 10.4. The monoisotopic (exact) mass is 400 g/mol. The Kier molecular flexibility index (Phi) is 5.80. The molecular formula is C22H32N4OS. The van der Waals surface area contributed by atoms with Crippen molar-refractivity contribution >= 4 is 23.1 Å². The fraction of sp³-hybridized carbons (Fsp3) is 0.591. The molecule has 0 aliphatic carbocycles. The Bertz CT molecular complexity index is 786. The summed E-state index contributed by atoms with van der Waals surface area (Å²) in [5.74, 6) is 2.00. The maximum atomic E-state index is 12.7. The van der Waals surface area contributed by atoms with Crippen molar-refractivity contribution in [3.8, 4) is 0 Å². The minimum absolute atomic E-state index is 0.0372. The predicted molar refractivity (Wildman–Crippen MR) is 116 cm³/mol. The Labute approximate surface area is 172 Å². The Morgan fingerprint density at radius 1 is 1.00 bits per heavy atom. The van der Waals surface area contributed by atoms with Gasteiger partial charge in [0.1, 0.15) is 11.6 Å². The smallest absolute Gasteiger partial charge is 0.254 e. The number of carbonyl (C=O) groups excluding carboxylic acids is 1. The molecule has 2 aromatic heterocycles. The molecule has 2 aromatic rings. The first kappa shape index (κ1) is 20.8. The molecule has 0 atom stereocenters. The van der Waals surface area contributed by atoms with E-state index in [2.05, 4.69) is 52.5 Å². The number of rotatable bonds is 2. The lowest BCUT2D eigenvalue weighted by molar-refractivity contribution is 0.0767. The van der Waals surface area contributed by atoms with Gasteiger partial charge in [-0.25, -0.2) is 9.97 Å². The van der Waals surface area contributed by atoms with Crippen LogP contribution in [0.5, 0.6) is 0 Å². The standard InChI is InChI=1S/C22H32N4OS/c1-21(2,3)17-14-18(24-20(23-17)22(4,5)6)25-9-7-10-26(12-11-25)19(27)16-8-13-28-15-16/h8,13-15H,7,9-12H2,1-6H3. The maximum Gasteiger partial charge on any atom is 0.254 e. The van der Waals surface area contributed by atoms with Crippen molar-refractivity contribution in [1.82, 2.24) is 14.9 Å². The summed E-state index contributed by atoms with van der Waals surface area (Å²) in [4.78, 5) is 26.8. The quantitative estimate of drug-likeness (QED) is 0.745. The molecule has 1 aliphatic heterocycles. The molecule has 3 rings (SSSR count). The summed E-state index contributed by atoms with van der Waals surface area (Å²) < 4.78 is 0. The van der Waals surface area contributed by atoms with Crippen molar-refractivity contribution in [2.24, 2.45) is 0 Å². The Balaban J connectivity index is 1.84. The van der Waals surface area contributed by atoms with Gasteiger partial charge < -0.3 is 9.80 Å². The van der Waals surface area contributed by atoms with Crippen LogP contribution >= 0.6 is 11.3 Å². The molecule has 1 amide bonds. The van der Waals surface area contributed by atoms with E-state index >= 15 is 0 Å². The van der Waals surface area contributed by atoms with Crippen LogP contribution in [-0.4, -0.2) is 47.0 Å². The summed E-state index contributed by atoms with van der Waals surface area (Å²) in [5, 5.41) is 3.89. The third-order valence-electron chi connectivity index (χ3n) is 5.03. The van der Waals surface area contributed by atoms with E-state index in [-0.39, 0.29) is 16.7 Å². The van der Waals surface area contributed by atoms with Gasteiger partial charge in [-0.05, 0) is 17.9 Å². The van der Waals surface area contributed by atoms with Gasteiger partial charge in [0.25, 0.3) is 5.91 Å². The molecule has 0 unspecified atom stereocenters. The first-order valence-corrected chi connectivity index (χ1v) is 11.0. The molecule has 1 aliphatic rings. The van der Waals surface area contributed by atoms with Crippen LogP contribution in [0, 0.1) is 0 Å². The topological polar surface area (TPSA) is 49.3 Å². The lowest BCUT2D eigenvalue weighted by Crippen LogP contribution is -2.35. The van der Waals surface area contributed by atoms with Gasteiger partial charge in [0.15, 0.2) is 0 Å². The number of aromatic nitrogens is 2. The zero-order chi connectivity index (χ0) is 20.5. The maximum absolute atomic E-state index is 12.7. The number of nitrogens with zero attached hydrogens (tertiary/aromatic N) is 4. The molecule has 0 radical (unpaired) electrons. The molecule has 6 heteroatoms. The lowest BCUT2D eigenvalue weighted by atomic mass is 9.90. The van der Waals surface area contributed by atoms with Crippen LogP contribution < -0.4 is 4.90 Å². The normalized spacial score (nSPS) is 16.2. The summed E-state index contributed by atoms with van der Waals surface area (Å²) in [6.45, 7) is 16.2. The number of anilines is 1. The van der Waals surface area contributed by atoms with Gasteiger partial charge in [0.2, 0.25) is 0 Å². The van der Waals surface area contributed by atoms with E-state index in [1.54, 1.807) is 11.3 Å². The molecule has 0 N–H and O–H groups in total. The summed E-state index contributed by atoms with van der Waals surface area (Å²) in [6, 6.07) is 4.04. The largest absolute Gasteiger partial charge is 0.355 e. The molecule has 5 nitrogen and oxygen atoms in total. The van der Waals surface area contributed by atoms with Crippen LogP contribution in [0.3, 0.4) is 0 Å². The summed E-state index contributed by atoms with van der Waals surface area (Å²) in [6.07, 6.45) is 0.940. The van der Waals surface area contributed by atoms with E-state index in [1.807, 2.05) is 21.7 Å². The third kappa shape index (κ3) is 4.72. The van der Waals surface area contributed by atoms with Crippen molar-refractivity contribution in [3.05, 3.63) is 40.0 Å². The number of thiophene rings is 1. The fourth-order valence-corrected chi connectivity index (χ4v) is 3.86. The van der Waals surface area contributed by atoms with Crippen molar-refractivity contribution in [2.45, 2.75) is 58.8 Å². The summed E-state index contributed by atoms with van der Waals surface area (Å²) >= 11 is 1.57. The molecule has 1 saturated heterocycles. The number of carbonyl (C=O) groups is 1. The van der Waals surface area contributed by atoms with Crippen molar-refractivity contribution in [1.29, 1.82) is 0 Å². The fourth-order valence-electron chi connectivity index (χ4n) is 3.23. The lowest BCUT2D eigenvalue weighted by Gasteiger charge is -2.28. The van der Waals surface area contributed by atoms with Crippen LogP contribution in [-0.2, 0) is 10.8 Å². The van der Waals surface area contributed by atoms with Crippen LogP contribution in [0.15, 0.2) is 22.9 Å². The van der Waals surface area contributed by atoms with E-state index in [9.17, 15) is 4.79 Å². The highest BCUT2D eigenvalue weighted by Crippen LogP contribution is 2.28. The second kappa shape index (κ2) is 7.82. The van der Waals surface area contributed by atoms with Gasteiger partial charge in [0.05, 0.1) is 11.3 Å². The minimum Gasteiger partial charge on any atom is -0.355 e. The van der Waals surface area contributed by atoms with Gasteiger partial charge in [0, 0.05) is 48.5 Å². The van der Waals surface area contributed by atoms with Gasteiger partial charge in [-0.3, -0.25) is 4.79 Å². The molecule has 152 valence electrons. The van der Waals surface area contributed by atoms with E-state index in [1.165, 1.54) is 0 Å². The molecule has 0 spiro atoms. The second-order valence-electron chi connectivity index (χ2n) is 9.58. The van der Waals surface area contributed by atoms with E-state index < -0.39 is 0 Å². The van der Waals surface area contributed by atoms with Crippen LogP contribution in [0.2, 0.25) is 0 Å². The average Bonchev–Trinajstić information content (AvgIpc) is 3.04. The molecule has 0 saturated carbocycles. The summed E-state index contributed by atoms with van der Waals surface area (Å²) in [7, 11) is 0. The Hall–Kier alpha value is -1.95. The van der Waals surface area contributed by atoms with Gasteiger partial charge in [-0.2, -0.15) is 11.3 Å². The molecule has 0 aromatic carbocycles. The van der Waals surface area contributed by atoms with Gasteiger partial charge >= 0.3 is 0 Å². The average molecular weight is 401 g/mol. The van der Waals surface area contributed by atoms with Crippen molar-refractivity contribution in [2.75, 3.05) is 31.1 Å². The minimum atomic E-state index is -0.108. The molecule has 3 heterocycles. The number of hydrogen-bond acceptors (Lipinski definition) is 5. The number of hydrogen-bond donors (Lipinski definition) is 0. The van der Waals surface area contributed by atoms with Crippen LogP contribution in [0.1, 0.15) is 69.8 Å². The molecule has 1 fully saturated rings.